The number of halogens is 7. The summed E-state index contributed by atoms with van der Waals surface area (Å²) in [5.41, 5.74) is -2.22. The van der Waals surface area contributed by atoms with Gasteiger partial charge in [0.1, 0.15) is 6.04 Å². The molecule has 0 heterocycles. The maximum atomic E-state index is 13.3. The monoisotopic (exact) mass is 478 g/mol. The van der Waals surface area contributed by atoms with Crippen molar-refractivity contribution in [2.45, 2.75) is 56.5 Å². The SMILES string of the molecule is O=C(NC1CCCCC1)C(Nc1cccc(C(F)(F)F)c1)c1cc(C(F)(F)F)ccc1Cl. The standard InChI is InChI=1S/C22H21ClF6N2O/c23-18-10-9-14(22(27,28)29)12-17(18)19(20(32)31-15-6-2-1-3-7-15)30-16-8-4-5-13(11-16)21(24,25)26/h4-5,8-12,15,19,30H,1-3,6-7H2,(H,31,32). The molecule has 10 heteroatoms. The van der Waals surface area contributed by atoms with E-state index in [0.717, 1.165) is 68.5 Å². The fourth-order valence-electron chi connectivity index (χ4n) is 3.71. The third-order valence-electron chi connectivity index (χ3n) is 5.35. The Balaban J connectivity index is 1.97. The highest BCUT2D eigenvalue weighted by atomic mass is 35.5. The van der Waals surface area contributed by atoms with Crippen LogP contribution in [0.1, 0.15) is 54.8 Å². The lowest BCUT2D eigenvalue weighted by Crippen LogP contribution is -2.41. The zero-order valence-electron chi connectivity index (χ0n) is 16.8. The Morgan fingerprint density at radius 3 is 2.16 bits per heavy atom. The van der Waals surface area contributed by atoms with Crippen molar-refractivity contribution in [3.8, 4) is 0 Å². The van der Waals surface area contributed by atoms with Crippen molar-refractivity contribution in [1.82, 2.24) is 5.32 Å². The fraction of sp³-hybridized carbons (Fsp3) is 0.409. The highest BCUT2D eigenvalue weighted by Crippen LogP contribution is 2.36. The van der Waals surface area contributed by atoms with Gasteiger partial charge in [-0.3, -0.25) is 4.79 Å². The number of hydrogen-bond acceptors (Lipinski definition) is 2. The molecule has 0 radical (unpaired) electrons. The van der Waals surface area contributed by atoms with Gasteiger partial charge in [-0.1, -0.05) is 36.9 Å². The summed E-state index contributed by atoms with van der Waals surface area (Å²) in [5, 5.41) is 5.35. The van der Waals surface area contributed by atoms with E-state index in [2.05, 4.69) is 10.6 Å². The first-order valence-corrected chi connectivity index (χ1v) is 10.4. The van der Waals surface area contributed by atoms with Gasteiger partial charge in [-0.2, -0.15) is 26.3 Å². The lowest BCUT2D eigenvalue weighted by atomic mass is 9.94. The fourth-order valence-corrected chi connectivity index (χ4v) is 3.94. The molecule has 0 bridgehead atoms. The molecule has 1 aliphatic rings. The zero-order valence-corrected chi connectivity index (χ0v) is 17.5. The highest BCUT2D eigenvalue weighted by molar-refractivity contribution is 6.31. The third-order valence-corrected chi connectivity index (χ3v) is 5.69. The number of hydrogen-bond donors (Lipinski definition) is 2. The topological polar surface area (TPSA) is 41.1 Å². The minimum absolute atomic E-state index is 0.0721. The Morgan fingerprint density at radius 2 is 1.53 bits per heavy atom. The lowest BCUT2D eigenvalue weighted by Gasteiger charge is -2.27. The van der Waals surface area contributed by atoms with Crippen molar-refractivity contribution in [1.29, 1.82) is 0 Å². The lowest BCUT2D eigenvalue weighted by molar-refractivity contribution is -0.138. The summed E-state index contributed by atoms with van der Waals surface area (Å²) in [5.74, 6) is -0.657. The van der Waals surface area contributed by atoms with Gasteiger partial charge in [-0.05, 0) is 49.2 Å². The summed E-state index contributed by atoms with van der Waals surface area (Å²) in [6.45, 7) is 0. The van der Waals surface area contributed by atoms with Crippen LogP contribution < -0.4 is 10.6 Å². The summed E-state index contributed by atoms with van der Waals surface area (Å²) in [6, 6.07) is 5.07. The quantitative estimate of drug-likeness (QED) is 0.455. The summed E-state index contributed by atoms with van der Waals surface area (Å²) in [6.07, 6.45) is -5.03. The van der Waals surface area contributed by atoms with Gasteiger partial charge in [0.15, 0.2) is 0 Å². The maximum Gasteiger partial charge on any atom is 0.416 e. The van der Waals surface area contributed by atoms with Crippen molar-refractivity contribution < 1.29 is 31.1 Å². The second-order valence-corrected chi connectivity index (χ2v) is 8.14. The molecule has 1 fully saturated rings. The van der Waals surface area contributed by atoms with E-state index in [1.54, 1.807) is 0 Å². The largest absolute Gasteiger partial charge is 0.416 e. The van der Waals surface area contributed by atoms with Crippen molar-refractivity contribution in [3.05, 3.63) is 64.2 Å². The van der Waals surface area contributed by atoms with Crippen LogP contribution in [0.25, 0.3) is 0 Å². The Bertz CT molecular complexity index is 954. The van der Waals surface area contributed by atoms with E-state index in [0.29, 0.717) is 0 Å². The number of rotatable bonds is 5. The summed E-state index contributed by atoms with van der Waals surface area (Å²) in [7, 11) is 0. The number of amides is 1. The molecule has 0 aromatic heterocycles. The summed E-state index contributed by atoms with van der Waals surface area (Å²) < 4.78 is 79.0. The molecule has 1 unspecified atom stereocenters. The number of carbonyl (C=O) groups excluding carboxylic acids is 1. The van der Waals surface area contributed by atoms with Crippen LogP contribution in [0, 0.1) is 0 Å². The molecule has 2 aromatic rings. The molecule has 1 saturated carbocycles. The molecular formula is C22H21ClF6N2O. The van der Waals surface area contributed by atoms with Crippen LogP contribution in [-0.2, 0) is 17.1 Å². The molecule has 174 valence electrons. The van der Waals surface area contributed by atoms with Crippen LogP contribution in [-0.4, -0.2) is 11.9 Å². The van der Waals surface area contributed by atoms with E-state index in [9.17, 15) is 31.1 Å². The second kappa shape index (κ2) is 9.60. The Hall–Kier alpha value is -2.42. The van der Waals surface area contributed by atoms with Crippen LogP contribution in [0.15, 0.2) is 42.5 Å². The molecule has 0 spiro atoms. The molecule has 2 N–H and O–H groups in total. The van der Waals surface area contributed by atoms with Gasteiger partial charge in [0, 0.05) is 22.3 Å². The normalized spacial score (nSPS) is 16.5. The number of anilines is 1. The molecule has 0 aliphatic heterocycles. The number of alkyl halides is 6. The average molecular weight is 479 g/mol. The zero-order chi connectivity index (χ0) is 23.5. The molecule has 1 aliphatic carbocycles. The summed E-state index contributed by atoms with van der Waals surface area (Å²) >= 11 is 6.13. The van der Waals surface area contributed by atoms with E-state index in [-0.39, 0.29) is 22.3 Å². The molecule has 3 rings (SSSR count). The van der Waals surface area contributed by atoms with E-state index in [4.69, 9.17) is 11.6 Å². The Morgan fingerprint density at radius 1 is 0.906 bits per heavy atom. The summed E-state index contributed by atoms with van der Waals surface area (Å²) in [4.78, 5) is 13.1. The van der Waals surface area contributed by atoms with Gasteiger partial charge in [-0.25, -0.2) is 0 Å². The molecular weight excluding hydrogens is 458 g/mol. The predicted molar refractivity (Wildman–Crippen MR) is 109 cm³/mol. The van der Waals surface area contributed by atoms with Crippen molar-refractivity contribution in [2.24, 2.45) is 0 Å². The highest BCUT2D eigenvalue weighted by Gasteiger charge is 2.34. The van der Waals surface area contributed by atoms with Crippen molar-refractivity contribution >= 4 is 23.2 Å². The van der Waals surface area contributed by atoms with E-state index >= 15 is 0 Å². The van der Waals surface area contributed by atoms with Gasteiger partial charge in [0.25, 0.3) is 0 Å². The number of benzene rings is 2. The second-order valence-electron chi connectivity index (χ2n) is 7.73. The van der Waals surface area contributed by atoms with Crippen LogP contribution in [0.3, 0.4) is 0 Å². The number of nitrogens with one attached hydrogen (secondary N) is 2. The van der Waals surface area contributed by atoms with Crippen LogP contribution >= 0.6 is 11.6 Å². The van der Waals surface area contributed by atoms with Gasteiger partial charge in [0.05, 0.1) is 11.1 Å². The van der Waals surface area contributed by atoms with Gasteiger partial charge in [0.2, 0.25) is 5.91 Å². The molecule has 1 amide bonds. The Labute approximate surface area is 186 Å². The van der Waals surface area contributed by atoms with Gasteiger partial charge >= 0.3 is 12.4 Å². The molecule has 1 atom stereocenters. The van der Waals surface area contributed by atoms with E-state index < -0.39 is 35.4 Å². The molecule has 32 heavy (non-hydrogen) atoms. The molecule has 3 nitrogen and oxygen atoms in total. The van der Waals surface area contributed by atoms with Crippen LogP contribution in [0.5, 0.6) is 0 Å². The van der Waals surface area contributed by atoms with Crippen LogP contribution in [0.2, 0.25) is 5.02 Å². The predicted octanol–water partition coefficient (Wildman–Crippen LogP) is 6.98. The smallest absolute Gasteiger partial charge is 0.370 e. The first-order valence-electron chi connectivity index (χ1n) is 10.1. The van der Waals surface area contributed by atoms with Crippen LogP contribution in [0.4, 0.5) is 32.0 Å². The van der Waals surface area contributed by atoms with Gasteiger partial charge < -0.3 is 10.6 Å². The maximum absolute atomic E-state index is 13.3. The molecule has 2 aromatic carbocycles. The minimum Gasteiger partial charge on any atom is -0.370 e. The first kappa shape index (κ1) is 24.2. The first-order chi connectivity index (χ1) is 14.9. The van der Waals surface area contributed by atoms with Crippen molar-refractivity contribution in [2.75, 3.05) is 5.32 Å². The Kier molecular flexibility index (Phi) is 7.27. The van der Waals surface area contributed by atoms with Crippen molar-refractivity contribution in [3.63, 3.8) is 0 Å². The third kappa shape index (κ3) is 6.09. The molecule has 0 saturated heterocycles. The van der Waals surface area contributed by atoms with E-state index in [1.807, 2.05) is 0 Å². The number of carbonyl (C=O) groups is 1. The van der Waals surface area contributed by atoms with E-state index in [1.165, 1.54) is 6.07 Å². The van der Waals surface area contributed by atoms with Gasteiger partial charge in [-0.15, -0.1) is 0 Å². The minimum atomic E-state index is -4.68. The average Bonchev–Trinajstić information content (AvgIpc) is 2.72.